The molecule has 0 aromatic heterocycles. The van der Waals surface area contributed by atoms with Crippen molar-refractivity contribution in [3.63, 3.8) is 0 Å². The number of hydrogen-bond acceptors (Lipinski definition) is 2. The van der Waals surface area contributed by atoms with Crippen LogP contribution in [0, 0.1) is 11.8 Å². The molecule has 0 saturated carbocycles. The van der Waals surface area contributed by atoms with E-state index in [1.807, 2.05) is 0 Å². The van der Waals surface area contributed by atoms with E-state index in [9.17, 15) is 0 Å². The molecule has 4 unspecified atom stereocenters. The van der Waals surface area contributed by atoms with Crippen molar-refractivity contribution in [3.05, 3.63) is 0 Å². The Morgan fingerprint density at radius 3 is 2.50 bits per heavy atom. The van der Waals surface area contributed by atoms with Crippen molar-refractivity contribution in [1.82, 2.24) is 0 Å². The Bertz CT molecular complexity index is 253. The van der Waals surface area contributed by atoms with E-state index < -0.39 is 0 Å². The second-order valence-electron chi connectivity index (χ2n) is 5.76. The molecule has 0 aromatic rings. The molecule has 2 heteroatoms. The molecule has 2 aliphatic heterocycles. The normalized spacial score (nSPS) is 47.2. The van der Waals surface area contributed by atoms with Crippen molar-refractivity contribution in [2.45, 2.75) is 64.6 Å². The van der Waals surface area contributed by atoms with Gasteiger partial charge in [-0.3, -0.25) is 0 Å². The predicted octanol–water partition coefficient (Wildman–Crippen LogP) is 3.40. The molecule has 94 valence electrons. The molecular weight excluding hydrogens is 200 g/mol. The van der Waals surface area contributed by atoms with Gasteiger partial charge in [0, 0.05) is 11.8 Å². The first kappa shape index (κ1) is 12.4. The summed E-state index contributed by atoms with van der Waals surface area (Å²) < 4.78 is 12.4. The molecule has 0 amide bonds. The van der Waals surface area contributed by atoms with Crippen LogP contribution in [-0.4, -0.2) is 24.4 Å². The smallest absolute Gasteiger partial charge is 0.102 e. The maximum Gasteiger partial charge on any atom is 0.102 e. The molecular formula is C14H26O2. The summed E-state index contributed by atoms with van der Waals surface area (Å²) in [6.45, 7) is 10.8. The van der Waals surface area contributed by atoms with Crippen LogP contribution in [0.2, 0.25) is 0 Å². The molecule has 0 spiro atoms. The summed E-state index contributed by atoms with van der Waals surface area (Å²) in [7, 11) is 0. The lowest BCUT2D eigenvalue weighted by Gasteiger charge is -2.40. The summed E-state index contributed by atoms with van der Waals surface area (Å²) in [6, 6.07) is 0. The van der Waals surface area contributed by atoms with Gasteiger partial charge in [-0.25, -0.2) is 0 Å². The van der Waals surface area contributed by atoms with Gasteiger partial charge in [0.15, 0.2) is 0 Å². The van der Waals surface area contributed by atoms with E-state index in [-0.39, 0.29) is 11.2 Å². The Labute approximate surface area is 99.7 Å². The first-order valence-electron chi connectivity index (χ1n) is 6.88. The first-order chi connectivity index (χ1) is 7.60. The minimum Gasteiger partial charge on any atom is -0.371 e. The number of ether oxygens (including phenoxy) is 2. The lowest BCUT2D eigenvalue weighted by Crippen LogP contribution is -2.51. The Morgan fingerprint density at radius 1 is 1.12 bits per heavy atom. The van der Waals surface area contributed by atoms with Gasteiger partial charge in [0.1, 0.15) is 5.60 Å². The highest BCUT2D eigenvalue weighted by Crippen LogP contribution is 2.55. The minimum atomic E-state index is -0.0293. The third-order valence-electron chi connectivity index (χ3n) is 4.85. The second-order valence-corrected chi connectivity index (χ2v) is 5.76. The zero-order chi connectivity index (χ0) is 11.8. The minimum absolute atomic E-state index is 0.00157. The molecule has 2 nitrogen and oxygen atoms in total. The van der Waals surface area contributed by atoms with Gasteiger partial charge in [0.2, 0.25) is 0 Å². The zero-order valence-electron chi connectivity index (χ0n) is 11.2. The highest BCUT2D eigenvalue weighted by molar-refractivity contribution is 5.13. The average Bonchev–Trinajstić information content (AvgIpc) is 2.66. The Hall–Kier alpha value is -0.0800. The van der Waals surface area contributed by atoms with Gasteiger partial charge in [-0.05, 0) is 19.8 Å². The summed E-state index contributed by atoms with van der Waals surface area (Å²) >= 11 is 0. The standard InChI is InChI=1S/C14H26O2/c1-5-7-12-10-16-14(8-6-2)11(3)9-15-13(12,14)4/h11-12H,5-10H2,1-4H3. The summed E-state index contributed by atoms with van der Waals surface area (Å²) in [6.07, 6.45) is 4.78. The van der Waals surface area contributed by atoms with Crippen LogP contribution in [0.4, 0.5) is 0 Å². The molecule has 2 rings (SSSR count). The molecule has 2 aliphatic rings. The van der Waals surface area contributed by atoms with E-state index in [0.29, 0.717) is 11.8 Å². The van der Waals surface area contributed by atoms with Crippen molar-refractivity contribution in [2.24, 2.45) is 11.8 Å². The van der Waals surface area contributed by atoms with Crippen LogP contribution in [0.15, 0.2) is 0 Å². The maximum absolute atomic E-state index is 6.26. The molecule has 4 atom stereocenters. The van der Waals surface area contributed by atoms with Crippen molar-refractivity contribution < 1.29 is 9.47 Å². The molecule has 2 fully saturated rings. The predicted molar refractivity (Wildman–Crippen MR) is 65.5 cm³/mol. The SMILES string of the molecule is CCCC1COC2(CCC)C(C)COC12C. The lowest BCUT2D eigenvalue weighted by atomic mass is 9.70. The summed E-state index contributed by atoms with van der Waals surface area (Å²) in [5.74, 6) is 1.13. The highest BCUT2D eigenvalue weighted by Gasteiger charge is 2.65. The van der Waals surface area contributed by atoms with E-state index in [1.165, 1.54) is 19.3 Å². The van der Waals surface area contributed by atoms with E-state index in [2.05, 4.69) is 27.7 Å². The van der Waals surface area contributed by atoms with Gasteiger partial charge >= 0.3 is 0 Å². The Balaban J connectivity index is 2.25. The van der Waals surface area contributed by atoms with Crippen LogP contribution >= 0.6 is 0 Å². The fourth-order valence-corrected chi connectivity index (χ4v) is 3.85. The number of hydrogen-bond donors (Lipinski definition) is 0. The van der Waals surface area contributed by atoms with Gasteiger partial charge in [0.25, 0.3) is 0 Å². The summed E-state index contributed by atoms with van der Waals surface area (Å²) in [4.78, 5) is 0. The molecule has 0 N–H and O–H groups in total. The molecule has 0 aliphatic carbocycles. The lowest BCUT2D eigenvalue weighted by molar-refractivity contribution is -0.0995. The summed E-state index contributed by atoms with van der Waals surface area (Å²) in [5, 5.41) is 0. The van der Waals surface area contributed by atoms with Crippen molar-refractivity contribution in [3.8, 4) is 0 Å². The van der Waals surface area contributed by atoms with E-state index in [1.54, 1.807) is 0 Å². The molecule has 0 radical (unpaired) electrons. The largest absolute Gasteiger partial charge is 0.371 e. The van der Waals surface area contributed by atoms with Crippen LogP contribution in [0.5, 0.6) is 0 Å². The van der Waals surface area contributed by atoms with Gasteiger partial charge in [-0.1, -0.05) is 33.6 Å². The number of rotatable bonds is 4. The zero-order valence-corrected chi connectivity index (χ0v) is 11.2. The van der Waals surface area contributed by atoms with Gasteiger partial charge < -0.3 is 9.47 Å². The van der Waals surface area contributed by atoms with E-state index in [0.717, 1.165) is 19.6 Å². The highest BCUT2D eigenvalue weighted by atomic mass is 16.6. The Morgan fingerprint density at radius 2 is 1.88 bits per heavy atom. The van der Waals surface area contributed by atoms with E-state index in [4.69, 9.17) is 9.47 Å². The van der Waals surface area contributed by atoms with Crippen LogP contribution in [-0.2, 0) is 9.47 Å². The molecule has 0 aromatic carbocycles. The molecule has 2 saturated heterocycles. The monoisotopic (exact) mass is 226 g/mol. The fourth-order valence-electron chi connectivity index (χ4n) is 3.85. The van der Waals surface area contributed by atoms with Crippen molar-refractivity contribution >= 4 is 0 Å². The molecule has 2 heterocycles. The first-order valence-corrected chi connectivity index (χ1v) is 6.88. The van der Waals surface area contributed by atoms with Crippen LogP contribution < -0.4 is 0 Å². The van der Waals surface area contributed by atoms with E-state index >= 15 is 0 Å². The van der Waals surface area contributed by atoms with Gasteiger partial charge in [-0.2, -0.15) is 0 Å². The third-order valence-corrected chi connectivity index (χ3v) is 4.85. The molecule has 0 bridgehead atoms. The van der Waals surface area contributed by atoms with Crippen LogP contribution in [0.3, 0.4) is 0 Å². The quantitative estimate of drug-likeness (QED) is 0.731. The molecule has 16 heavy (non-hydrogen) atoms. The maximum atomic E-state index is 6.26. The topological polar surface area (TPSA) is 18.5 Å². The Kier molecular flexibility index (Phi) is 3.33. The second kappa shape index (κ2) is 4.30. The van der Waals surface area contributed by atoms with Gasteiger partial charge in [0.05, 0.1) is 18.8 Å². The van der Waals surface area contributed by atoms with Gasteiger partial charge in [-0.15, -0.1) is 0 Å². The fraction of sp³-hybridized carbons (Fsp3) is 1.00. The summed E-state index contributed by atoms with van der Waals surface area (Å²) in [5.41, 5.74) is -0.0278. The van der Waals surface area contributed by atoms with Crippen molar-refractivity contribution in [1.29, 1.82) is 0 Å². The van der Waals surface area contributed by atoms with Crippen LogP contribution in [0.1, 0.15) is 53.4 Å². The average molecular weight is 226 g/mol. The number of fused-ring (bicyclic) bond motifs is 1. The third kappa shape index (κ3) is 1.46. The van der Waals surface area contributed by atoms with Crippen molar-refractivity contribution in [2.75, 3.05) is 13.2 Å². The van der Waals surface area contributed by atoms with Crippen LogP contribution in [0.25, 0.3) is 0 Å².